The molecule has 2 aliphatic rings. The molecule has 0 spiro atoms. The molecule has 0 bridgehead atoms. The first kappa shape index (κ1) is 26.0. The highest BCUT2D eigenvalue weighted by Gasteiger charge is 2.59. The molecule has 2 aromatic heterocycles. The smallest absolute Gasteiger partial charge is 0.326 e. The number of hydrogen-bond acceptors (Lipinski definition) is 6. The number of nitrogens with zero attached hydrogens (tertiary/aromatic N) is 4. The minimum atomic E-state index is -4.10. The normalized spacial score (nSPS) is 20.7. The molecular formula is C24H21ClFIN4O5S. The number of pyridine rings is 1. The van der Waals surface area contributed by atoms with E-state index in [1.807, 2.05) is 22.6 Å². The van der Waals surface area contributed by atoms with Crippen LogP contribution in [0.4, 0.5) is 4.39 Å². The Bertz CT molecular complexity index is 1540. The molecule has 3 heterocycles. The van der Waals surface area contributed by atoms with Gasteiger partial charge in [0, 0.05) is 35.1 Å². The van der Waals surface area contributed by atoms with Gasteiger partial charge in [-0.05, 0) is 65.6 Å². The van der Waals surface area contributed by atoms with Crippen LogP contribution < -0.4 is 0 Å². The molecule has 37 heavy (non-hydrogen) atoms. The largest absolute Gasteiger partial charge is 0.480 e. The maximum atomic E-state index is 14.7. The van der Waals surface area contributed by atoms with Gasteiger partial charge in [-0.1, -0.05) is 17.7 Å². The van der Waals surface area contributed by atoms with Crippen molar-refractivity contribution >= 4 is 55.9 Å². The number of benzene rings is 1. The van der Waals surface area contributed by atoms with Gasteiger partial charge in [-0.15, -0.1) is 0 Å². The molecule has 2 atom stereocenters. The lowest BCUT2D eigenvalue weighted by atomic mass is 9.98. The van der Waals surface area contributed by atoms with Crippen molar-refractivity contribution < 1.29 is 27.5 Å². The van der Waals surface area contributed by atoms with Crippen molar-refractivity contribution in [3.05, 3.63) is 63.0 Å². The van der Waals surface area contributed by atoms with Gasteiger partial charge in [0.2, 0.25) is 5.91 Å². The highest BCUT2D eigenvalue weighted by atomic mass is 127. The summed E-state index contributed by atoms with van der Waals surface area (Å²) < 4.78 is 44.0. The van der Waals surface area contributed by atoms with Crippen molar-refractivity contribution in [2.45, 2.75) is 40.9 Å². The molecule has 0 unspecified atom stereocenters. The molecule has 1 saturated heterocycles. The number of carbonyl (C=O) groups excluding carboxylic acids is 1. The fraction of sp³-hybridized carbons (Fsp3) is 0.333. The molecule has 3 aromatic rings. The van der Waals surface area contributed by atoms with E-state index >= 15 is 0 Å². The van der Waals surface area contributed by atoms with E-state index in [1.165, 1.54) is 24.4 Å². The van der Waals surface area contributed by atoms with Gasteiger partial charge in [-0.2, -0.15) is 5.10 Å². The standard InChI is InChI=1S/C24H21ClFIN4O5S/c1-30-11-14(9-29-30)13-2-3-20(17(25)6-13)37(35,36)16-8-19(22(32)33)31(12-16)23(34)24(4-5-24)21-18(26)7-15(27)10-28-21/h2-3,6-7,9-11,16,19H,4-5,8,12H2,1H3,(H,32,33)/t16-,19+/m1/s1. The number of likely N-dealkylation sites (tertiary alicyclic amines) is 1. The summed E-state index contributed by atoms with van der Waals surface area (Å²) in [5.41, 5.74) is 0.0981. The second-order valence-electron chi connectivity index (χ2n) is 9.33. The van der Waals surface area contributed by atoms with E-state index in [0.29, 0.717) is 22.0 Å². The Balaban J connectivity index is 1.44. The van der Waals surface area contributed by atoms with Crippen molar-refractivity contribution in [1.82, 2.24) is 19.7 Å². The molecule has 1 aliphatic carbocycles. The summed E-state index contributed by atoms with van der Waals surface area (Å²) in [6.07, 6.45) is 5.13. The number of aryl methyl sites for hydroxylation is 1. The lowest BCUT2D eigenvalue weighted by Crippen LogP contribution is -2.46. The molecule has 1 aliphatic heterocycles. The number of hydrogen-bond donors (Lipinski definition) is 1. The van der Waals surface area contributed by atoms with Crippen LogP contribution in [0, 0.1) is 9.39 Å². The number of sulfone groups is 1. The molecule has 5 rings (SSSR count). The van der Waals surface area contributed by atoms with E-state index in [9.17, 15) is 27.5 Å². The molecule has 2 fully saturated rings. The lowest BCUT2D eigenvalue weighted by molar-refractivity contribution is -0.149. The van der Waals surface area contributed by atoms with Crippen LogP contribution in [0.3, 0.4) is 0 Å². The maximum Gasteiger partial charge on any atom is 0.326 e. The number of carboxylic acids is 1. The molecule has 1 saturated carbocycles. The third-order valence-electron chi connectivity index (χ3n) is 6.94. The van der Waals surface area contributed by atoms with E-state index in [2.05, 4.69) is 10.1 Å². The first-order chi connectivity index (χ1) is 17.4. The zero-order chi connectivity index (χ0) is 26.7. The van der Waals surface area contributed by atoms with Crippen LogP contribution in [0.2, 0.25) is 5.02 Å². The number of amides is 1. The third kappa shape index (κ3) is 4.52. The number of halogens is 3. The fourth-order valence-corrected chi connectivity index (χ4v) is 7.52. The van der Waals surface area contributed by atoms with Gasteiger partial charge in [-0.25, -0.2) is 17.6 Å². The molecule has 0 radical (unpaired) electrons. The number of rotatable bonds is 6. The van der Waals surface area contributed by atoms with Crippen molar-refractivity contribution in [2.24, 2.45) is 7.05 Å². The quantitative estimate of drug-likeness (QED) is 0.403. The summed E-state index contributed by atoms with van der Waals surface area (Å²) in [6, 6.07) is 4.40. The summed E-state index contributed by atoms with van der Waals surface area (Å²) in [6.45, 7) is -0.341. The Hall–Kier alpha value is -2.58. The number of aliphatic carboxylic acids is 1. The molecule has 1 N–H and O–H groups in total. The van der Waals surface area contributed by atoms with Gasteiger partial charge >= 0.3 is 5.97 Å². The second kappa shape index (κ2) is 9.31. The first-order valence-corrected chi connectivity index (χ1v) is 14.3. The van der Waals surface area contributed by atoms with Crippen LogP contribution in [-0.2, 0) is 31.9 Å². The average Bonchev–Trinajstić information content (AvgIpc) is 3.29. The summed E-state index contributed by atoms with van der Waals surface area (Å²) in [5.74, 6) is -2.59. The third-order valence-corrected chi connectivity index (χ3v) is 10.1. The minimum absolute atomic E-state index is 0.0122. The van der Waals surface area contributed by atoms with Crippen molar-refractivity contribution in [2.75, 3.05) is 6.54 Å². The van der Waals surface area contributed by atoms with E-state index in [0.717, 1.165) is 10.5 Å². The predicted octanol–water partition coefficient (Wildman–Crippen LogP) is 3.44. The Morgan fingerprint density at radius 2 is 1.95 bits per heavy atom. The van der Waals surface area contributed by atoms with Gasteiger partial charge in [0.15, 0.2) is 9.84 Å². The van der Waals surface area contributed by atoms with Gasteiger partial charge < -0.3 is 10.0 Å². The van der Waals surface area contributed by atoms with Gasteiger partial charge in [0.25, 0.3) is 0 Å². The molecular weight excluding hydrogens is 638 g/mol. The average molecular weight is 659 g/mol. The molecule has 9 nitrogen and oxygen atoms in total. The Kier molecular flexibility index (Phi) is 6.55. The predicted molar refractivity (Wildman–Crippen MR) is 140 cm³/mol. The topological polar surface area (TPSA) is 122 Å². The zero-order valence-corrected chi connectivity index (χ0v) is 23.2. The lowest BCUT2D eigenvalue weighted by Gasteiger charge is -2.26. The fourth-order valence-electron chi connectivity index (χ4n) is 4.86. The summed E-state index contributed by atoms with van der Waals surface area (Å²) in [7, 11) is -2.35. The van der Waals surface area contributed by atoms with E-state index in [4.69, 9.17) is 11.6 Å². The molecule has 13 heteroatoms. The van der Waals surface area contributed by atoms with E-state index in [1.54, 1.807) is 30.2 Å². The zero-order valence-electron chi connectivity index (χ0n) is 19.4. The SMILES string of the molecule is Cn1cc(-c2ccc(S(=O)(=O)[C@@H]3C[C@@H](C(=O)O)N(C(=O)C4(c5ncc(I)cc5F)CC4)C3)c(Cl)c2)cn1. The van der Waals surface area contributed by atoms with E-state index < -0.39 is 44.2 Å². The number of aromatic nitrogens is 3. The highest BCUT2D eigenvalue weighted by Crippen LogP contribution is 2.51. The van der Waals surface area contributed by atoms with E-state index in [-0.39, 0.29) is 28.6 Å². The van der Waals surface area contributed by atoms with Crippen LogP contribution in [0.15, 0.2) is 47.8 Å². The summed E-state index contributed by atoms with van der Waals surface area (Å²) in [4.78, 5) is 30.7. The van der Waals surface area contributed by atoms with Crippen LogP contribution in [0.5, 0.6) is 0 Å². The van der Waals surface area contributed by atoms with Gasteiger partial charge in [0.1, 0.15) is 11.9 Å². The van der Waals surface area contributed by atoms with Crippen molar-refractivity contribution in [3.8, 4) is 11.1 Å². The molecule has 194 valence electrons. The number of carboxylic acid groups (broad SMARTS) is 1. The van der Waals surface area contributed by atoms with Crippen molar-refractivity contribution in [3.63, 3.8) is 0 Å². The summed E-state index contributed by atoms with van der Waals surface area (Å²) in [5, 5.41) is 12.7. The molecule has 1 amide bonds. The summed E-state index contributed by atoms with van der Waals surface area (Å²) >= 11 is 8.29. The highest BCUT2D eigenvalue weighted by molar-refractivity contribution is 14.1. The molecule has 1 aromatic carbocycles. The van der Waals surface area contributed by atoms with Crippen LogP contribution in [-0.4, -0.2) is 62.9 Å². The Morgan fingerprint density at radius 1 is 1.22 bits per heavy atom. The Morgan fingerprint density at radius 3 is 2.51 bits per heavy atom. The maximum absolute atomic E-state index is 14.7. The van der Waals surface area contributed by atoms with Crippen LogP contribution in [0.25, 0.3) is 11.1 Å². The number of carbonyl (C=O) groups is 2. The first-order valence-electron chi connectivity index (χ1n) is 11.3. The second-order valence-corrected chi connectivity index (χ2v) is 13.2. The van der Waals surface area contributed by atoms with Gasteiger partial charge in [0.05, 0.1) is 32.5 Å². The van der Waals surface area contributed by atoms with Crippen molar-refractivity contribution in [1.29, 1.82) is 0 Å². The minimum Gasteiger partial charge on any atom is -0.480 e. The van der Waals surface area contributed by atoms with Gasteiger partial charge in [-0.3, -0.25) is 14.5 Å². The van der Waals surface area contributed by atoms with Crippen LogP contribution >= 0.6 is 34.2 Å². The monoisotopic (exact) mass is 658 g/mol. The Labute approximate surface area is 230 Å². The van der Waals surface area contributed by atoms with Crippen LogP contribution in [0.1, 0.15) is 25.0 Å².